The zero-order chi connectivity index (χ0) is 22.2. The van der Waals surface area contributed by atoms with E-state index in [1.54, 1.807) is 19.1 Å². The Morgan fingerprint density at radius 3 is 2.39 bits per heavy atom. The van der Waals surface area contributed by atoms with Crippen LogP contribution < -0.4 is 10.5 Å². The molecule has 5 aliphatic carbocycles. The number of benzene rings is 1. The molecule has 1 aromatic carbocycles. The molecule has 2 unspecified atom stereocenters. The highest BCUT2D eigenvalue weighted by atomic mass is 35.5. The summed E-state index contributed by atoms with van der Waals surface area (Å²) in [5.74, 6) is 1.25. The minimum Gasteiger partial charge on any atom is -0.369 e. The van der Waals surface area contributed by atoms with Gasteiger partial charge in [0.05, 0.1) is 10.4 Å². The number of rotatable bonds is 7. The van der Waals surface area contributed by atoms with Crippen molar-refractivity contribution in [2.75, 3.05) is 0 Å². The molecule has 0 aromatic heterocycles. The third kappa shape index (κ3) is 3.44. The summed E-state index contributed by atoms with van der Waals surface area (Å²) in [6, 6.07) is 4.78. The van der Waals surface area contributed by atoms with Crippen molar-refractivity contribution in [3.63, 3.8) is 0 Å². The molecule has 5 aliphatic rings. The summed E-state index contributed by atoms with van der Waals surface area (Å²) in [5.41, 5.74) is 4.88. The molecule has 4 bridgehead atoms. The number of primary amides is 1. The number of carbonyl (C=O) groups is 2. The van der Waals surface area contributed by atoms with E-state index in [9.17, 15) is 18.0 Å². The minimum atomic E-state index is -3.85. The molecule has 168 valence electrons. The first-order valence-electron chi connectivity index (χ1n) is 11.2. The van der Waals surface area contributed by atoms with E-state index in [1.807, 2.05) is 0 Å². The summed E-state index contributed by atoms with van der Waals surface area (Å²) in [4.78, 5) is 25.6. The predicted molar refractivity (Wildman–Crippen MR) is 117 cm³/mol. The number of nitrogens with two attached hydrogens (primary N) is 1. The quantitative estimate of drug-likeness (QED) is 0.645. The molecule has 0 saturated heterocycles. The molecule has 3 N–H and O–H groups in total. The van der Waals surface area contributed by atoms with Crippen molar-refractivity contribution >= 4 is 33.3 Å². The third-order valence-corrected chi connectivity index (χ3v) is 10.6. The first-order valence-corrected chi connectivity index (χ1v) is 13.0. The van der Waals surface area contributed by atoms with Crippen molar-refractivity contribution in [1.82, 2.24) is 4.72 Å². The number of sulfonamides is 1. The zero-order valence-corrected chi connectivity index (χ0v) is 19.3. The van der Waals surface area contributed by atoms with Crippen LogP contribution in [0.25, 0.3) is 0 Å². The molecular weight excluding hydrogens is 436 g/mol. The van der Waals surface area contributed by atoms with E-state index in [4.69, 9.17) is 17.3 Å². The molecule has 6 nitrogen and oxygen atoms in total. The lowest BCUT2D eigenvalue weighted by Crippen LogP contribution is -2.56. The number of carbonyl (C=O) groups excluding carboxylic acids is 2. The molecule has 2 atom stereocenters. The third-order valence-electron chi connectivity index (χ3n) is 8.53. The van der Waals surface area contributed by atoms with Crippen LogP contribution in [-0.2, 0) is 19.6 Å². The van der Waals surface area contributed by atoms with Crippen LogP contribution in [0.2, 0.25) is 5.02 Å². The van der Waals surface area contributed by atoms with Gasteiger partial charge in [0, 0.05) is 16.9 Å². The molecular formula is C23H29ClN2O4S. The Balaban J connectivity index is 1.32. The van der Waals surface area contributed by atoms with Crippen LogP contribution in [0, 0.1) is 36.0 Å². The van der Waals surface area contributed by atoms with Crippen LogP contribution >= 0.6 is 11.6 Å². The second-order valence-corrected chi connectivity index (χ2v) is 12.5. The van der Waals surface area contributed by atoms with E-state index in [2.05, 4.69) is 4.72 Å². The Morgan fingerprint density at radius 2 is 1.81 bits per heavy atom. The van der Waals surface area contributed by atoms with E-state index >= 15 is 0 Å². The average Bonchev–Trinajstić information content (AvgIpc) is 3.46. The number of hydrogen-bond donors (Lipinski definition) is 2. The molecule has 0 spiro atoms. The Kier molecular flexibility index (Phi) is 4.85. The monoisotopic (exact) mass is 464 g/mol. The highest BCUT2D eigenvalue weighted by Crippen LogP contribution is 2.63. The zero-order valence-electron chi connectivity index (χ0n) is 17.7. The van der Waals surface area contributed by atoms with Gasteiger partial charge in [0.15, 0.2) is 5.78 Å². The van der Waals surface area contributed by atoms with Crippen molar-refractivity contribution < 1.29 is 18.0 Å². The largest absolute Gasteiger partial charge is 0.369 e. The lowest BCUT2D eigenvalue weighted by Gasteiger charge is -2.59. The van der Waals surface area contributed by atoms with Crippen molar-refractivity contribution in [2.24, 2.45) is 34.8 Å². The van der Waals surface area contributed by atoms with Gasteiger partial charge in [-0.25, -0.2) is 8.42 Å². The molecule has 0 aliphatic heterocycles. The Morgan fingerprint density at radius 1 is 1.16 bits per heavy atom. The van der Waals surface area contributed by atoms with Gasteiger partial charge in [0.25, 0.3) is 0 Å². The van der Waals surface area contributed by atoms with Crippen LogP contribution in [0.15, 0.2) is 23.1 Å². The number of Topliss-reactive ketones (excluding diaryl/α,β-unsaturated/α-hetero) is 1. The molecule has 8 heteroatoms. The van der Waals surface area contributed by atoms with E-state index in [-0.39, 0.29) is 27.9 Å². The van der Waals surface area contributed by atoms with Gasteiger partial charge >= 0.3 is 0 Å². The van der Waals surface area contributed by atoms with Crippen LogP contribution in [0.1, 0.15) is 56.9 Å². The molecule has 31 heavy (non-hydrogen) atoms. The lowest BCUT2D eigenvalue weighted by atomic mass is 9.45. The topological polar surface area (TPSA) is 106 Å². The van der Waals surface area contributed by atoms with E-state index in [0.29, 0.717) is 47.6 Å². The summed E-state index contributed by atoms with van der Waals surface area (Å²) in [6.45, 7) is 1.67. The molecule has 1 aromatic rings. The fraction of sp³-hybridized carbons (Fsp3) is 0.652. The van der Waals surface area contributed by atoms with E-state index in [0.717, 1.165) is 32.1 Å². The van der Waals surface area contributed by atoms with Crippen molar-refractivity contribution in [3.05, 3.63) is 28.8 Å². The molecule has 1 amide bonds. The van der Waals surface area contributed by atoms with Gasteiger partial charge in [0.2, 0.25) is 15.9 Å². The minimum absolute atomic E-state index is 0.0126. The normalized spacial score (nSPS) is 35.2. The number of nitrogens with one attached hydrogen (secondary N) is 1. The summed E-state index contributed by atoms with van der Waals surface area (Å²) in [7, 11) is -3.85. The van der Waals surface area contributed by atoms with Crippen LogP contribution in [-0.4, -0.2) is 25.6 Å². The van der Waals surface area contributed by atoms with Gasteiger partial charge in [-0.15, -0.1) is 0 Å². The average molecular weight is 465 g/mol. The maximum atomic E-state index is 13.3. The maximum Gasteiger partial charge on any atom is 0.241 e. The fourth-order valence-corrected chi connectivity index (χ4v) is 8.87. The second kappa shape index (κ2) is 7.03. The molecule has 5 saturated carbocycles. The summed E-state index contributed by atoms with van der Waals surface area (Å²) in [6.07, 6.45) is 6.03. The summed E-state index contributed by atoms with van der Waals surface area (Å²) >= 11 is 6.11. The first-order chi connectivity index (χ1) is 14.6. The van der Waals surface area contributed by atoms with Gasteiger partial charge in [0.1, 0.15) is 0 Å². The molecule has 5 fully saturated rings. The number of ketones is 1. The SMILES string of the molecule is Cc1c(Cl)cccc1S(=O)(=O)NC1(C(=O)CC2C3CC4CC2CC(C(N)=O)(C4)C3)CC1. The van der Waals surface area contributed by atoms with Gasteiger partial charge < -0.3 is 5.73 Å². The summed E-state index contributed by atoms with van der Waals surface area (Å²) in [5, 5.41) is 0.385. The number of halogens is 1. The van der Waals surface area contributed by atoms with Crippen molar-refractivity contribution in [2.45, 2.75) is 68.7 Å². The fourth-order valence-electron chi connectivity index (χ4n) is 6.93. The van der Waals surface area contributed by atoms with E-state index in [1.165, 1.54) is 6.07 Å². The Bertz CT molecular complexity index is 1050. The first kappa shape index (κ1) is 21.4. The highest BCUT2D eigenvalue weighted by Gasteiger charge is 2.60. The van der Waals surface area contributed by atoms with Gasteiger partial charge in [-0.1, -0.05) is 17.7 Å². The van der Waals surface area contributed by atoms with Crippen LogP contribution in [0.3, 0.4) is 0 Å². The standard InChI is InChI=1S/C23H29ClN2O4S/c1-13-18(24)3-2-4-19(13)31(29,30)26-23(5-6-23)20(27)9-17-15-7-14-8-16(17)12-22(10-14,11-15)21(25)28/h2-4,14-17,26H,5-12H2,1H3,(H2,25,28). The molecule has 0 heterocycles. The lowest BCUT2D eigenvalue weighted by molar-refractivity contribution is -0.151. The summed E-state index contributed by atoms with van der Waals surface area (Å²) < 4.78 is 28.8. The Hall–Kier alpha value is -1.44. The number of hydrogen-bond acceptors (Lipinski definition) is 4. The van der Waals surface area contributed by atoms with Crippen LogP contribution in [0.5, 0.6) is 0 Å². The van der Waals surface area contributed by atoms with Crippen molar-refractivity contribution in [1.29, 1.82) is 0 Å². The Labute approximate surface area is 188 Å². The molecule has 0 radical (unpaired) electrons. The maximum absolute atomic E-state index is 13.3. The van der Waals surface area contributed by atoms with Gasteiger partial charge in [-0.05, 0) is 93.2 Å². The second-order valence-electron chi connectivity index (χ2n) is 10.5. The van der Waals surface area contributed by atoms with Gasteiger partial charge in [-0.3, -0.25) is 9.59 Å². The number of amides is 1. The van der Waals surface area contributed by atoms with Crippen LogP contribution in [0.4, 0.5) is 0 Å². The van der Waals surface area contributed by atoms with Gasteiger partial charge in [-0.2, -0.15) is 4.72 Å². The van der Waals surface area contributed by atoms with Crippen molar-refractivity contribution in [3.8, 4) is 0 Å². The molecule has 6 rings (SSSR count). The predicted octanol–water partition coefficient (Wildman–Crippen LogP) is 3.35. The smallest absolute Gasteiger partial charge is 0.241 e. The van der Waals surface area contributed by atoms with E-state index < -0.39 is 15.6 Å². The highest BCUT2D eigenvalue weighted by molar-refractivity contribution is 7.89.